The topological polar surface area (TPSA) is 0 Å². The van der Waals surface area contributed by atoms with E-state index in [0.29, 0.717) is 5.92 Å². The number of fused-ring (bicyclic) bond motifs is 3. The maximum Gasteiger partial charge on any atom is 0.0159 e. The van der Waals surface area contributed by atoms with E-state index in [2.05, 4.69) is 113 Å². The molecule has 0 aliphatic heterocycles. The highest BCUT2D eigenvalue weighted by molar-refractivity contribution is 5.97. The van der Waals surface area contributed by atoms with Crippen LogP contribution in [0.1, 0.15) is 55.5 Å². The Morgan fingerprint density at radius 3 is 2.52 bits per heavy atom. The van der Waals surface area contributed by atoms with Crippen molar-refractivity contribution < 1.29 is 0 Å². The Morgan fingerprint density at radius 2 is 1.70 bits per heavy atom. The van der Waals surface area contributed by atoms with Gasteiger partial charge in [0.15, 0.2) is 0 Å². The van der Waals surface area contributed by atoms with Crippen LogP contribution in [0.3, 0.4) is 0 Å². The molecule has 0 amide bonds. The first-order valence-corrected chi connectivity index (χ1v) is 12.0. The van der Waals surface area contributed by atoms with Crippen molar-refractivity contribution in [1.29, 1.82) is 0 Å². The van der Waals surface area contributed by atoms with E-state index in [4.69, 9.17) is 0 Å². The van der Waals surface area contributed by atoms with Gasteiger partial charge in [-0.25, -0.2) is 0 Å². The smallest absolute Gasteiger partial charge is 0.0159 e. The Labute approximate surface area is 196 Å². The molecule has 0 N–H and O–H groups in total. The molecular weight excluding hydrogens is 396 g/mol. The van der Waals surface area contributed by atoms with E-state index in [1.54, 1.807) is 0 Å². The van der Waals surface area contributed by atoms with Crippen LogP contribution in [-0.2, 0) is 11.8 Å². The number of allylic oxidation sites excluding steroid dienone is 1. The zero-order valence-corrected chi connectivity index (χ0v) is 20.0. The summed E-state index contributed by atoms with van der Waals surface area (Å²) in [5, 5.41) is 5.41. The molecule has 0 saturated carbocycles. The second kappa shape index (κ2) is 7.06. The van der Waals surface area contributed by atoms with E-state index in [0.717, 1.165) is 12.0 Å². The minimum atomic E-state index is 0.0175. The van der Waals surface area contributed by atoms with E-state index in [1.165, 1.54) is 60.2 Å². The second-order valence-electron chi connectivity index (χ2n) is 10.5. The van der Waals surface area contributed by atoms with Gasteiger partial charge in [0.2, 0.25) is 0 Å². The van der Waals surface area contributed by atoms with Crippen molar-refractivity contribution in [3.8, 4) is 11.1 Å². The lowest BCUT2D eigenvalue weighted by atomic mass is 9.82. The highest BCUT2D eigenvalue weighted by atomic mass is 14.4. The Hall–Kier alpha value is -3.38. The molecule has 4 aromatic rings. The molecular formula is C33H30. The molecule has 0 fully saturated rings. The molecule has 6 rings (SSSR count). The summed E-state index contributed by atoms with van der Waals surface area (Å²) in [6.45, 7) is 13.4. The summed E-state index contributed by atoms with van der Waals surface area (Å²) < 4.78 is 0. The van der Waals surface area contributed by atoms with Crippen LogP contribution >= 0.6 is 0 Å². The summed E-state index contributed by atoms with van der Waals surface area (Å²) >= 11 is 0. The lowest BCUT2D eigenvalue weighted by molar-refractivity contribution is 0.660. The third kappa shape index (κ3) is 2.97. The molecule has 1 unspecified atom stereocenters. The summed E-state index contributed by atoms with van der Waals surface area (Å²) in [6.07, 6.45) is 5.90. The quantitative estimate of drug-likeness (QED) is 0.324. The van der Waals surface area contributed by atoms with E-state index in [-0.39, 0.29) is 5.41 Å². The normalized spacial score (nSPS) is 18.1. The van der Waals surface area contributed by atoms with Gasteiger partial charge >= 0.3 is 0 Å². The van der Waals surface area contributed by atoms with Crippen LogP contribution in [0, 0.1) is 5.92 Å². The van der Waals surface area contributed by atoms with E-state index in [1.807, 2.05) is 0 Å². The number of rotatable bonds is 2. The molecule has 162 valence electrons. The molecule has 0 aromatic heterocycles. The molecule has 0 saturated heterocycles. The molecule has 0 nitrogen and oxygen atoms in total. The van der Waals surface area contributed by atoms with Gasteiger partial charge in [0.05, 0.1) is 0 Å². The third-order valence-electron chi connectivity index (χ3n) is 7.71. The van der Waals surface area contributed by atoms with Crippen LogP contribution < -0.4 is 10.4 Å². The van der Waals surface area contributed by atoms with E-state index in [9.17, 15) is 0 Å². The molecule has 0 heterocycles. The van der Waals surface area contributed by atoms with Crippen molar-refractivity contribution in [2.24, 2.45) is 5.92 Å². The van der Waals surface area contributed by atoms with Gasteiger partial charge in [-0.3, -0.25) is 0 Å². The van der Waals surface area contributed by atoms with Gasteiger partial charge in [-0.2, -0.15) is 0 Å². The van der Waals surface area contributed by atoms with Crippen molar-refractivity contribution in [3.63, 3.8) is 0 Å². The summed E-state index contributed by atoms with van der Waals surface area (Å²) in [5.41, 5.74) is 10.7. The Kier molecular flexibility index (Phi) is 4.33. The minimum Gasteiger partial charge on any atom is -0.0955 e. The second-order valence-corrected chi connectivity index (χ2v) is 10.5. The van der Waals surface area contributed by atoms with Crippen LogP contribution in [-0.4, -0.2) is 0 Å². The van der Waals surface area contributed by atoms with Gasteiger partial charge in [-0.15, -0.1) is 0 Å². The number of hydrogen-bond donors (Lipinski definition) is 0. The first-order chi connectivity index (χ1) is 15.8. The predicted molar refractivity (Wildman–Crippen MR) is 143 cm³/mol. The van der Waals surface area contributed by atoms with Crippen LogP contribution in [0.5, 0.6) is 0 Å². The molecule has 0 heteroatoms. The first-order valence-electron chi connectivity index (χ1n) is 12.0. The summed E-state index contributed by atoms with van der Waals surface area (Å²) in [4.78, 5) is 0. The molecule has 0 radical (unpaired) electrons. The van der Waals surface area contributed by atoms with Crippen LogP contribution in [0.25, 0.3) is 39.6 Å². The predicted octanol–water partition coefficient (Wildman–Crippen LogP) is 6.98. The fraction of sp³-hybridized carbons (Fsp3) is 0.212. The summed E-state index contributed by atoms with van der Waals surface area (Å²) in [5.74, 6) is 0.576. The van der Waals surface area contributed by atoms with E-state index < -0.39 is 0 Å². The fourth-order valence-electron chi connectivity index (χ4n) is 6.11. The van der Waals surface area contributed by atoms with Crippen molar-refractivity contribution >= 4 is 28.5 Å². The number of hydrogen-bond acceptors (Lipinski definition) is 0. The van der Waals surface area contributed by atoms with Crippen LogP contribution in [0.15, 0.2) is 73.3 Å². The largest absolute Gasteiger partial charge is 0.0955 e. The van der Waals surface area contributed by atoms with Gasteiger partial charge in [-0.05, 0) is 85.5 Å². The van der Waals surface area contributed by atoms with Crippen molar-refractivity contribution in [2.45, 2.75) is 39.5 Å². The zero-order chi connectivity index (χ0) is 22.9. The zero-order valence-electron chi connectivity index (χ0n) is 20.0. The number of benzene rings is 4. The average molecular weight is 427 g/mol. The third-order valence-corrected chi connectivity index (χ3v) is 7.71. The standard InChI is InChI=1S/C33H30/c1-20(2)26-15-13-24-17-21(3)16-23-11-12-25(32(26)31(23)24)18-22-10-14-28-27-8-6-7-9-29(27)33(4,5)30(28)19-22/h6-16,18-19,21H,1,17H2,2-5H3/b25-18+. The van der Waals surface area contributed by atoms with Crippen molar-refractivity contribution in [2.75, 3.05) is 0 Å². The summed E-state index contributed by atoms with van der Waals surface area (Å²) in [6, 6.07) is 25.0. The van der Waals surface area contributed by atoms with E-state index >= 15 is 0 Å². The Balaban J connectivity index is 1.62. The molecule has 4 aromatic carbocycles. The summed E-state index contributed by atoms with van der Waals surface area (Å²) in [7, 11) is 0. The first kappa shape index (κ1) is 20.2. The van der Waals surface area contributed by atoms with Crippen LogP contribution in [0.2, 0.25) is 0 Å². The van der Waals surface area contributed by atoms with Crippen LogP contribution in [0.4, 0.5) is 0 Å². The van der Waals surface area contributed by atoms with Crippen molar-refractivity contribution in [3.05, 3.63) is 112 Å². The molecule has 33 heavy (non-hydrogen) atoms. The molecule has 0 spiro atoms. The molecule has 2 aliphatic rings. The van der Waals surface area contributed by atoms with Crippen molar-refractivity contribution in [1.82, 2.24) is 0 Å². The fourth-order valence-corrected chi connectivity index (χ4v) is 6.11. The lowest BCUT2D eigenvalue weighted by Crippen LogP contribution is -2.20. The van der Waals surface area contributed by atoms with Gasteiger partial charge in [0, 0.05) is 5.41 Å². The Bertz CT molecular complexity index is 1590. The SMILES string of the molecule is C=C(C)c1ccc2c3c(cc/c(=C\c4ccc5c(c4)C(C)(C)c4ccccc4-5)c13)=CC(C)C2. The Morgan fingerprint density at radius 1 is 0.909 bits per heavy atom. The van der Waals surface area contributed by atoms with Gasteiger partial charge < -0.3 is 0 Å². The monoisotopic (exact) mass is 426 g/mol. The lowest BCUT2D eigenvalue weighted by Gasteiger charge is -2.21. The maximum atomic E-state index is 4.31. The molecule has 2 aliphatic carbocycles. The molecule has 0 bridgehead atoms. The highest BCUT2D eigenvalue weighted by Crippen LogP contribution is 2.48. The van der Waals surface area contributed by atoms with Gasteiger partial charge in [-0.1, -0.05) is 106 Å². The minimum absolute atomic E-state index is 0.0175. The van der Waals surface area contributed by atoms with Gasteiger partial charge in [0.25, 0.3) is 0 Å². The highest BCUT2D eigenvalue weighted by Gasteiger charge is 2.34. The van der Waals surface area contributed by atoms with Gasteiger partial charge in [0.1, 0.15) is 0 Å². The molecule has 1 atom stereocenters. The average Bonchev–Trinajstić information content (AvgIpc) is 3.02. The maximum absolute atomic E-state index is 4.31.